The zero-order chi connectivity index (χ0) is 12.0. The van der Waals surface area contributed by atoms with E-state index in [1.165, 1.54) is 5.56 Å². The summed E-state index contributed by atoms with van der Waals surface area (Å²) in [6.45, 7) is 6.81. The lowest BCUT2D eigenvalue weighted by atomic mass is 9.92. The van der Waals surface area contributed by atoms with Crippen LogP contribution in [0.2, 0.25) is 0 Å². The number of hydrogen-bond acceptors (Lipinski definition) is 3. The average Bonchev–Trinajstić information content (AvgIpc) is 2.27. The van der Waals surface area contributed by atoms with Crippen molar-refractivity contribution in [2.75, 3.05) is 6.61 Å². The van der Waals surface area contributed by atoms with E-state index in [9.17, 15) is 0 Å². The first-order valence-corrected chi connectivity index (χ1v) is 5.74. The average molecular weight is 222 g/mol. The second kappa shape index (κ2) is 5.99. The molecule has 0 aliphatic heterocycles. The van der Waals surface area contributed by atoms with Gasteiger partial charge in [-0.15, -0.1) is 0 Å². The maximum atomic E-state index is 5.71. The van der Waals surface area contributed by atoms with Crippen LogP contribution in [0.4, 0.5) is 0 Å². The molecule has 0 aliphatic carbocycles. The minimum absolute atomic E-state index is 0.106. The molecule has 0 spiro atoms. The van der Waals surface area contributed by atoms with Crippen LogP contribution in [0.15, 0.2) is 30.3 Å². The van der Waals surface area contributed by atoms with Crippen molar-refractivity contribution in [3.63, 3.8) is 0 Å². The van der Waals surface area contributed by atoms with Gasteiger partial charge in [-0.1, -0.05) is 30.3 Å². The van der Waals surface area contributed by atoms with Gasteiger partial charge in [0.05, 0.1) is 11.6 Å². The Bertz CT molecular complexity index is 298. The van der Waals surface area contributed by atoms with E-state index in [0.29, 0.717) is 6.61 Å². The van der Waals surface area contributed by atoms with Crippen molar-refractivity contribution in [2.24, 2.45) is 5.84 Å². The molecule has 3 heteroatoms. The normalized spacial score (nSPS) is 13.8. The van der Waals surface area contributed by atoms with Crippen LogP contribution in [0.25, 0.3) is 0 Å². The molecule has 1 aromatic rings. The molecular formula is C13H22N2O. The highest BCUT2D eigenvalue weighted by Crippen LogP contribution is 2.18. The smallest absolute Gasteiger partial charge is 0.0795 e. The molecule has 1 aromatic carbocycles. The van der Waals surface area contributed by atoms with Crippen molar-refractivity contribution >= 4 is 0 Å². The molecule has 3 N–H and O–H groups in total. The predicted molar refractivity (Wildman–Crippen MR) is 67.0 cm³/mol. The van der Waals surface area contributed by atoms with Gasteiger partial charge >= 0.3 is 0 Å². The Hall–Kier alpha value is -0.900. The first-order chi connectivity index (χ1) is 7.60. The van der Waals surface area contributed by atoms with E-state index in [0.717, 1.165) is 6.42 Å². The summed E-state index contributed by atoms with van der Waals surface area (Å²) in [5.41, 5.74) is 3.85. The van der Waals surface area contributed by atoms with Gasteiger partial charge in [0.1, 0.15) is 0 Å². The minimum atomic E-state index is -0.265. The number of rotatable bonds is 6. The summed E-state index contributed by atoms with van der Waals surface area (Å²) in [5.74, 6) is 5.61. The van der Waals surface area contributed by atoms with Crippen LogP contribution in [0, 0.1) is 0 Å². The highest BCUT2D eigenvalue weighted by atomic mass is 16.5. The zero-order valence-electron chi connectivity index (χ0n) is 10.4. The first kappa shape index (κ1) is 13.2. The molecule has 1 atom stereocenters. The molecular weight excluding hydrogens is 200 g/mol. The number of hydrazine groups is 1. The van der Waals surface area contributed by atoms with Crippen LogP contribution in [-0.4, -0.2) is 18.2 Å². The largest absolute Gasteiger partial charge is 0.374 e. The van der Waals surface area contributed by atoms with E-state index in [4.69, 9.17) is 10.6 Å². The maximum Gasteiger partial charge on any atom is 0.0795 e. The monoisotopic (exact) mass is 222 g/mol. The van der Waals surface area contributed by atoms with E-state index in [2.05, 4.69) is 31.4 Å². The molecule has 1 unspecified atom stereocenters. The van der Waals surface area contributed by atoms with Gasteiger partial charge in [-0.25, -0.2) is 0 Å². The lowest BCUT2D eigenvalue weighted by molar-refractivity contribution is -0.0380. The molecule has 0 amide bonds. The SMILES string of the molecule is CCOC(C)(C)C(Cc1ccccc1)NN. The van der Waals surface area contributed by atoms with Crippen LogP contribution in [-0.2, 0) is 11.2 Å². The van der Waals surface area contributed by atoms with Crippen molar-refractivity contribution in [1.82, 2.24) is 5.43 Å². The Labute approximate surface area is 98.0 Å². The van der Waals surface area contributed by atoms with Crippen LogP contribution in [0.1, 0.15) is 26.3 Å². The molecule has 16 heavy (non-hydrogen) atoms. The number of nitrogens with one attached hydrogen (secondary N) is 1. The molecule has 0 saturated heterocycles. The number of hydrogen-bond donors (Lipinski definition) is 2. The Kier molecular flexibility index (Phi) is 4.93. The molecule has 0 aliphatic rings. The van der Waals surface area contributed by atoms with Gasteiger partial charge < -0.3 is 4.74 Å². The van der Waals surface area contributed by atoms with Gasteiger partial charge in [-0.2, -0.15) is 0 Å². The summed E-state index contributed by atoms with van der Waals surface area (Å²) < 4.78 is 5.71. The van der Waals surface area contributed by atoms with E-state index < -0.39 is 0 Å². The van der Waals surface area contributed by atoms with E-state index in [1.54, 1.807) is 0 Å². The molecule has 0 aromatic heterocycles. The van der Waals surface area contributed by atoms with E-state index in [-0.39, 0.29) is 11.6 Å². The highest BCUT2D eigenvalue weighted by Gasteiger charge is 2.29. The van der Waals surface area contributed by atoms with E-state index >= 15 is 0 Å². The molecule has 0 saturated carbocycles. The maximum absolute atomic E-state index is 5.71. The molecule has 1 rings (SSSR count). The molecule has 0 heterocycles. The third-order valence-electron chi connectivity index (χ3n) is 2.84. The molecule has 3 nitrogen and oxygen atoms in total. The standard InChI is InChI=1S/C13H22N2O/c1-4-16-13(2,3)12(15-14)10-11-8-6-5-7-9-11/h5-9,12,15H,4,10,14H2,1-3H3. The van der Waals surface area contributed by atoms with Gasteiger partial charge in [0.15, 0.2) is 0 Å². The van der Waals surface area contributed by atoms with Crippen molar-refractivity contribution in [1.29, 1.82) is 0 Å². The van der Waals surface area contributed by atoms with Crippen molar-refractivity contribution in [3.8, 4) is 0 Å². The lowest BCUT2D eigenvalue weighted by Crippen LogP contribution is -2.52. The number of ether oxygens (including phenoxy) is 1. The van der Waals surface area contributed by atoms with Crippen molar-refractivity contribution in [3.05, 3.63) is 35.9 Å². The Balaban J connectivity index is 2.69. The van der Waals surface area contributed by atoms with Crippen molar-refractivity contribution in [2.45, 2.75) is 38.8 Å². The van der Waals surface area contributed by atoms with Crippen LogP contribution >= 0.6 is 0 Å². The van der Waals surface area contributed by atoms with Crippen LogP contribution in [0.3, 0.4) is 0 Å². The third-order valence-corrected chi connectivity index (χ3v) is 2.84. The van der Waals surface area contributed by atoms with Crippen LogP contribution in [0.5, 0.6) is 0 Å². The summed E-state index contributed by atoms with van der Waals surface area (Å²) in [6, 6.07) is 10.4. The van der Waals surface area contributed by atoms with Gasteiger partial charge in [0.25, 0.3) is 0 Å². The number of benzene rings is 1. The topological polar surface area (TPSA) is 47.3 Å². The predicted octanol–water partition coefficient (Wildman–Crippen LogP) is 1.88. The summed E-state index contributed by atoms with van der Waals surface area (Å²) >= 11 is 0. The second-order valence-electron chi connectivity index (χ2n) is 4.45. The zero-order valence-corrected chi connectivity index (χ0v) is 10.4. The molecule has 90 valence electrons. The fourth-order valence-electron chi connectivity index (χ4n) is 1.83. The van der Waals surface area contributed by atoms with Gasteiger partial charge in [-0.3, -0.25) is 11.3 Å². The van der Waals surface area contributed by atoms with Gasteiger partial charge in [0, 0.05) is 6.61 Å². The second-order valence-corrected chi connectivity index (χ2v) is 4.45. The van der Waals surface area contributed by atoms with Crippen LogP contribution < -0.4 is 11.3 Å². The summed E-state index contributed by atoms with van der Waals surface area (Å²) in [5, 5.41) is 0. The minimum Gasteiger partial charge on any atom is -0.374 e. The lowest BCUT2D eigenvalue weighted by Gasteiger charge is -2.33. The summed E-state index contributed by atoms with van der Waals surface area (Å²) in [4.78, 5) is 0. The number of nitrogens with two attached hydrogens (primary N) is 1. The fourth-order valence-corrected chi connectivity index (χ4v) is 1.83. The summed E-state index contributed by atoms with van der Waals surface area (Å²) in [7, 11) is 0. The Morgan fingerprint density at radius 2 is 1.94 bits per heavy atom. The highest BCUT2D eigenvalue weighted by molar-refractivity contribution is 5.16. The molecule has 0 bridgehead atoms. The van der Waals surface area contributed by atoms with E-state index in [1.807, 2.05) is 25.1 Å². The molecule has 0 radical (unpaired) electrons. The van der Waals surface area contributed by atoms with Gasteiger partial charge in [0.2, 0.25) is 0 Å². The van der Waals surface area contributed by atoms with Gasteiger partial charge in [-0.05, 0) is 32.8 Å². The fraction of sp³-hybridized carbons (Fsp3) is 0.538. The Morgan fingerprint density at radius 3 is 2.44 bits per heavy atom. The Morgan fingerprint density at radius 1 is 1.31 bits per heavy atom. The summed E-state index contributed by atoms with van der Waals surface area (Å²) in [6.07, 6.45) is 0.865. The first-order valence-electron chi connectivity index (χ1n) is 5.74. The third kappa shape index (κ3) is 3.59. The quantitative estimate of drug-likeness (QED) is 0.570. The van der Waals surface area contributed by atoms with Crippen molar-refractivity contribution < 1.29 is 4.74 Å². The molecule has 0 fully saturated rings.